The Balaban J connectivity index is 2.37. The average molecular weight is 203 g/mol. The lowest BCUT2D eigenvalue weighted by atomic mass is 10.3. The van der Waals surface area contributed by atoms with Gasteiger partial charge in [0, 0.05) is 17.8 Å². The van der Waals surface area contributed by atoms with Gasteiger partial charge in [0.15, 0.2) is 0 Å². The molecule has 0 aromatic carbocycles. The van der Waals surface area contributed by atoms with Crippen LogP contribution in [0, 0.1) is 0 Å². The summed E-state index contributed by atoms with van der Waals surface area (Å²) in [7, 11) is 0. The molecule has 0 aromatic heterocycles. The van der Waals surface area contributed by atoms with Crippen LogP contribution in [0.25, 0.3) is 0 Å². The van der Waals surface area contributed by atoms with Gasteiger partial charge in [-0.2, -0.15) is 0 Å². The van der Waals surface area contributed by atoms with E-state index in [2.05, 4.69) is 25.7 Å². The molecule has 0 radical (unpaired) electrons. The fourth-order valence-electron chi connectivity index (χ4n) is 1.23. The molecule has 0 saturated carbocycles. The summed E-state index contributed by atoms with van der Waals surface area (Å²) in [5.41, 5.74) is 0. The maximum absolute atomic E-state index is 5.35. The van der Waals surface area contributed by atoms with E-state index in [0.29, 0.717) is 0 Å². The van der Waals surface area contributed by atoms with Gasteiger partial charge in [-0.3, -0.25) is 0 Å². The first-order valence-electron chi connectivity index (χ1n) is 4.47. The van der Waals surface area contributed by atoms with E-state index in [9.17, 15) is 0 Å². The molecular weight excluding hydrogens is 186 g/mol. The van der Waals surface area contributed by atoms with Crippen molar-refractivity contribution in [1.82, 2.24) is 4.90 Å². The van der Waals surface area contributed by atoms with Gasteiger partial charge in [0.1, 0.15) is 4.32 Å². The smallest absolute Gasteiger partial charge is 0.136 e. The van der Waals surface area contributed by atoms with Crippen molar-refractivity contribution in [3.63, 3.8) is 0 Å². The maximum atomic E-state index is 5.35. The predicted octanol–water partition coefficient (Wildman–Crippen LogP) is 2.90. The molecule has 1 aliphatic heterocycles. The van der Waals surface area contributed by atoms with E-state index < -0.39 is 0 Å². The highest BCUT2D eigenvalue weighted by atomic mass is 32.2. The zero-order chi connectivity index (χ0) is 9.19. The molecule has 0 spiro atoms. The maximum Gasteiger partial charge on any atom is 0.136 e. The van der Waals surface area contributed by atoms with Gasteiger partial charge < -0.3 is 4.90 Å². The Morgan fingerprint density at radius 3 is 2.17 bits per heavy atom. The molecule has 70 valence electrons. The van der Waals surface area contributed by atoms with Gasteiger partial charge in [-0.05, 0) is 12.8 Å². The van der Waals surface area contributed by atoms with E-state index in [4.69, 9.17) is 12.2 Å². The van der Waals surface area contributed by atoms with Gasteiger partial charge in [0.05, 0.1) is 0 Å². The summed E-state index contributed by atoms with van der Waals surface area (Å²) in [4.78, 5) is 2.32. The first kappa shape index (κ1) is 10.3. The third kappa shape index (κ3) is 3.31. The summed E-state index contributed by atoms with van der Waals surface area (Å²) in [5, 5.41) is 0. The average Bonchev–Trinajstić information content (AvgIpc) is 2.32. The highest BCUT2D eigenvalue weighted by Crippen LogP contribution is 2.27. The van der Waals surface area contributed by atoms with E-state index in [-0.39, 0.29) is 4.75 Å². The minimum absolute atomic E-state index is 0.264. The standard InChI is InChI=1S/C9H17NS2/c1-9(2,3)12-8(11)10-6-4-5-7-10/h4-7H2,1-3H3. The highest BCUT2D eigenvalue weighted by Gasteiger charge is 2.20. The minimum atomic E-state index is 0.264. The summed E-state index contributed by atoms with van der Waals surface area (Å²) < 4.78 is 1.35. The van der Waals surface area contributed by atoms with Crippen LogP contribution in [0.4, 0.5) is 0 Å². The summed E-state index contributed by atoms with van der Waals surface area (Å²) in [6.07, 6.45) is 2.62. The summed E-state index contributed by atoms with van der Waals surface area (Å²) in [5.74, 6) is 0. The van der Waals surface area contributed by atoms with E-state index >= 15 is 0 Å². The van der Waals surface area contributed by atoms with Crippen LogP contribution >= 0.6 is 24.0 Å². The predicted molar refractivity (Wildman–Crippen MR) is 60.7 cm³/mol. The van der Waals surface area contributed by atoms with Gasteiger partial charge in [-0.15, -0.1) is 0 Å². The first-order chi connectivity index (χ1) is 5.49. The van der Waals surface area contributed by atoms with Gasteiger partial charge in [0.25, 0.3) is 0 Å². The van der Waals surface area contributed by atoms with Crippen molar-refractivity contribution >= 4 is 28.3 Å². The zero-order valence-corrected chi connectivity index (χ0v) is 9.73. The van der Waals surface area contributed by atoms with Crippen LogP contribution in [0.5, 0.6) is 0 Å². The summed E-state index contributed by atoms with van der Waals surface area (Å²) >= 11 is 7.16. The van der Waals surface area contributed by atoms with Gasteiger partial charge in [0.2, 0.25) is 0 Å². The molecule has 1 fully saturated rings. The Bertz CT molecular complexity index is 166. The van der Waals surface area contributed by atoms with Crippen molar-refractivity contribution in [2.45, 2.75) is 38.4 Å². The van der Waals surface area contributed by atoms with E-state index in [1.165, 1.54) is 25.9 Å². The van der Waals surface area contributed by atoms with Crippen LogP contribution in [0.1, 0.15) is 33.6 Å². The highest BCUT2D eigenvalue weighted by molar-refractivity contribution is 8.23. The lowest BCUT2D eigenvalue weighted by molar-refractivity contribution is 0.538. The number of hydrogen-bond donors (Lipinski definition) is 0. The number of nitrogens with zero attached hydrogens (tertiary/aromatic N) is 1. The number of rotatable bonds is 0. The number of likely N-dealkylation sites (tertiary alicyclic amines) is 1. The number of thioether (sulfide) groups is 1. The van der Waals surface area contributed by atoms with Crippen LogP contribution < -0.4 is 0 Å². The third-order valence-electron chi connectivity index (χ3n) is 1.76. The lowest BCUT2D eigenvalue weighted by Gasteiger charge is -2.24. The molecule has 1 aliphatic rings. The second-order valence-electron chi connectivity index (χ2n) is 4.17. The summed E-state index contributed by atoms with van der Waals surface area (Å²) in [6, 6.07) is 0. The minimum Gasteiger partial charge on any atom is -0.358 e. The zero-order valence-electron chi connectivity index (χ0n) is 8.09. The van der Waals surface area contributed by atoms with Gasteiger partial charge in [-0.25, -0.2) is 0 Å². The first-order valence-corrected chi connectivity index (χ1v) is 5.69. The van der Waals surface area contributed by atoms with Crippen molar-refractivity contribution in [3.05, 3.63) is 0 Å². The Kier molecular flexibility index (Phi) is 3.41. The normalized spacial score (nSPS) is 18.4. The molecule has 1 heterocycles. The third-order valence-corrected chi connectivity index (χ3v) is 3.31. The quantitative estimate of drug-likeness (QED) is 0.557. The molecule has 0 aromatic rings. The molecule has 0 aliphatic carbocycles. The molecule has 1 rings (SSSR count). The van der Waals surface area contributed by atoms with E-state index in [1.54, 1.807) is 0 Å². The molecular formula is C9H17NS2. The van der Waals surface area contributed by atoms with Crippen molar-refractivity contribution in [1.29, 1.82) is 0 Å². The lowest BCUT2D eigenvalue weighted by Crippen LogP contribution is -2.26. The van der Waals surface area contributed by atoms with Crippen molar-refractivity contribution in [3.8, 4) is 0 Å². The molecule has 0 unspecified atom stereocenters. The van der Waals surface area contributed by atoms with Crippen LogP contribution in [-0.4, -0.2) is 27.1 Å². The molecule has 0 bridgehead atoms. The Morgan fingerprint density at radius 1 is 1.25 bits per heavy atom. The Morgan fingerprint density at radius 2 is 1.75 bits per heavy atom. The van der Waals surface area contributed by atoms with Crippen molar-refractivity contribution in [2.75, 3.05) is 13.1 Å². The monoisotopic (exact) mass is 203 g/mol. The van der Waals surface area contributed by atoms with E-state index in [0.717, 1.165) is 4.32 Å². The second kappa shape index (κ2) is 3.97. The molecule has 3 heteroatoms. The molecule has 12 heavy (non-hydrogen) atoms. The fraction of sp³-hybridized carbons (Fsp3) is 0.889. The van der Waals surface area contributed by atoms with Gasteiger partial charge in [-0.1, -0.05) is 44.8 Å². The Labute approximate surface area is 84.9 Å². The molecule has 0 amide bonds. The summed E-state index contributed by atoms with van der Waals surface area (Å²) in [6.45, 7) is 8.96. The number of thiocarbonyl (C=S) groups is 1. The van der Waals surface area contributed by atoms with Crippen molar-refractivity contribution in [2.24, 2.45) is 0 Å². The SMILES string of the molecule is CC(C)(C)SC(=S)N1CCCC1. The van der Waals surface area contributed by atoms with Crippen LogP contribution in [-0.2, 0) is 0 Å². The topological polar surface area (TPSA) is 3.24 Å². The Hall–Kier alpha value is 0.240. The van der Waals surface area contributed by atoms with Crippen LogP contribution in [0.15, 0.2) is 0 Å². The molecule has 1 nitrogen and oxygen atoms in total. The molecule has 0 atom stereocenters. The second-order valence-corrected chi connectivity index (χ2v) is 6.64. The largest absolute Gasteiger partial charge is 0.358 e. The van der Waals surface area contributed by atoms with Crippen LogP contribution in [0.3, 0.4) is 0 Å². The fourth-order valence-corrected chi connectivity index (χ4v) is 2.99. The number of hydrogen-bond acceptors (Lipinski definition) is 2. The van der Waals surface area contributed by atoms with Crippen LogP contribution in [0.2, 0.25) is 0 Å². The molecule has 1 saturated heterocycles. The molecule has 0 N–H and O–H groups in total. The van der Waals surface area contributed by atoms with E-state index in [1.807, 2.05) is 11.8 Å². The van der Waals surface area contributed by atoms with Gasteiger partial charge >= 0.3 is 0 Å². The van der Waals surface area contributed by atoms with Crippen molar-refractivity contribution < 1.29 is 0 Å².